The summed E-state index contributed by atoms with van der Waals surface area (Å²) in [5.74, 6) is 0.314. The SMILES string of the molecule is O=C(c1cccc(OCc2ccc(Cl)cc2)c1OCCF)c1c[nH]c2ncccc12. The van der Waals surface area contributed by atoms with Crippen molar-refractivity contribution in [2.45, 2.75) is 6.61 Å². The molecule has 0 aliphatic rings. The minimum Gasteiger partial charge on any atom is -0.486 e. The Bertz CT molecular complexity index is 1170. The summed E-state index contributed by atoms with van der Waals surface area (Å²) >= 11 is 5.92. The van der Waals surface area contributed by atoms with Crippen LogP contribution in [-0.4, -0.2) is 29.0 Å². The number of nitrogens with zero attached hydrogens (tertiary/aromatic N) is 1. The van der Waals surface area contributed by atoms with Crippen LogP contribution in [0.1, 0.15) is 21.5 Å². The number of rotatable bonds is 8. The fourth-order valence-electron chi connectivity index (χ4n) is 3.13. The van der Waals surface area contributed by atoms with E-state index in [-0.39, 0.29) is 24.7 Å². The molecule has 0 aliphatic carbocycles. The summed E-state index contributed by atoms with van der Waals surface area (Å²) in [5.41, 5.74) is 2.26. The normalized spacial score (nSPS) is 10.9. The van der Waals surface area contributed by atoms with Crippen LogP contribution in [0, 0.1) is 0 Å². The summed E-state index contributed by atoms with van der Waals surface area (Å²) in [6.07, 6.45) is 3.26. The van der Waals surface area contributed by atoms with Crippen molar-refractivity contribution in [1.82, 2.24) is 9.97 Å². The third kappa shape index (κ3) is 4.14. The number of para-hydroxylation sites is 1. The number of benzene rings is 2. The van der Waals surface area contributed by atoms with E-state index < -0.39 is 6.67 Å². The predicted octanol–water partition coefficient (Wildman–Crippen LogP) is 5.37. The van der Waals surface area contributed by atoms with E-state index in [9.17, 15) is 9.18 Å². The molecule has 7 heteroatoms. The highest BCUT2D eigenvalue weighted by Gasteiger charge is 2.21. The molecule has 1 N–H and O–H groups in total. The summed E-state index contributed by atoms with van der Waals surface area (Å²) < 4.78 is 24.3. The van der Waals surface area contributed by atoms with Crippen molar-refractivity contribution in [2.75, 3.05) is 13.3 Å². The highest BCUT2D eigenvalue weighted by Crippen LogP contribution is 2.34. The second-order valence-corrected chi connectivity index (χ2v) is 6.95. The lowest BCUT2D eigenvalue weighted by Crippen LogP contribution is -2.09. The molecule has 0 saturated heterocycles. The van der Waals surface area contributed by atoms with Crippen LogP contribution in [0.3, 0.4) is 0 Å². The lowest BCUT2D eigenvalue weighted by molar-refractivity contribution is 0.103. The molecule has 2 aromatic carbocycles. The molecule has 5 nitrogen and oxygen atoms in total. The fraction of sp³-hybridized carbons (Fsp3) is 0.130. The zero-order valence-corrected chi connectivity index (χ0v) is 16.7. The first-order valence-electron chi connectivity index (χ1n) is 9.33. The van der Waals surface area contributed by atoms with Gasteiger partial charge in [0.2, 0.25) is 0 Å². The summed E-state index contributed by atoms with van der Waals surface area (Å²) in [4.78, 5) is 20.5. The van der Waals surface area contributed by atoms with Crippen molar-refractivity contribution in [1.29, 1.82) is 0 Å². The van der Waals surface area contributed by atoms with Crippen LogP contribution >= 0.6 is 11.6 Å². The molecule has 0 fully saturated rings. The molecule has 0 radical (unpaired) electrons. The Balaban J connectivity index is 1.67. The van der Waals surface area contributed by atoms with Gasteiger partial charge in [0.15, 0.2) is 17.3 Å². The molecule has 2 heterocycles. The van der Waals surface area contributed by atoms with Crippen LogP contribution in [0.25, 0.3) is 11.0 Å². The molecular formula is C23H18ClFN2O3. The van der Waals surface area contributed by atoms with Crippen molar-refractivity contribution >= 4 is 28.4 Å². The van der Waals surface area contributed by atoms with Gasteiger partial charge < -0.3 is 14.5 Å². The quantitative estimate of drug-likeness (QED) is 0.386. The Morgan fingerprint density at radius 3 is 2.67 bits per heavy atom. The molecular weight excluding hydrogens is 407 g/mol. The number of ether oxygens (including phenoxy) is 2. The maximum Gasteiger partial charge on any atom is 0.199 e. The van der Waals surface area contributed by atoms with Crippen molar-refractivity contribution in [3.05, 3.63) is 88.7 Å². The van der Waals surface area contributed by atoms with Gasteiger partial charge in [0, 0.05) is 28.4 Å². The Kier molecular flexibility index (Phi) is 5.95. The molecule has 30 heavy (non-hydrogen) atoms. The third-order valence-corrected chi connectivity index (χ3v) is 4.80. The van der Waals surface area contributed by atoms with Crippen LogP contribution in [0.2, 0.25) is 5.02 Å². The minimum atomic E-state index is -0.684. The highest BCUT2D eigenvalue weighted by atomic mass is 35.5. The molecule has 4 aromatic rings. The number of nitrogens with one attached hydrogen (secondary N) is 1. The summed E-state index contributed by atoms with van der Waals surface area (Å²) in [6.45, 7) is -0.620. The monoisotopic (exact) mass is 424 g/mol. The molecule has 2 aromatic heterocycles. The van der Waals surface area contributed by atoms with E-state index >= 15 is 0 Å². The first-order chi connectivity index (χ1) is 14.7. The van der Waals surface area contributed by atoms with Crippen LogP contribution in [0.5, 0.6) is 11.5 Å². The van der Waals surface area contributed by atoms with E-state index in [2.05, 4.69) is 9.97 Å². The number of ketones is 1. The van der Waals surface area contributed by atoms with E-state index in [4.69, 9.17) is 21.1 Å². The molecule has 0 amide bonds. The van der Waals surface area contributed by atoms with Gasteiger partial charge in [-0.15, -0.1) is 0 Å². The summed E-state index contributed by atoms with van der Waals surface area (Å²) in [6, 6.07) is 15.8. The number of aromatic nitrogens is 2. The first-order valence-corrected chi connectivity index (χ1v) is 9.71. The number of hydrogen-bond acceptors (Lipinski definition) is 4. The zero-order chi connectivity index (χ0) is 20.9. The van der Waals surface area contributed by atoms with E-state index in [0.717, 1.165) is 5.56 Å². The standard InChI is InChI=1S/C23H18ClFN2O3/c24-16-8-6-15(7-9-16)14-30-20-5-1-3-18(22(20)29-12-10-25)21(28)19-13-27-23-17(19)4-2-11-26-23/h1-9,11,13H,10,12,14H2,(H,26,27). The number of fused-ring (bicyclic) bond motifs is 1. The Morgan fingerprint density at radius 1 is 1.03 bits per heavy atom. The average Bonchev–Trinajstić information content (AvgIpc) is 3.21. The molecule has 0 atom stereocenters. The number of aromatic amines is 1. The predicted molar refractivity (Wildman–Crippen MR) is 113 cm³/mol. The molecule has 0 aliphatic heterocycles. The van der Waals surface area contributed by atoms with Crippen molar-refractivity contribution in [2.24, 2.45) is 0 Å². The van der Waals surface area contributed by atoms with E-state index in [0.29, 0.717) is 32.9 Å². The molecule has 0 bridgehead atoms. The lowest BCUT2D eigenvalue weighted by atomic mass is 10.0. The zero-order valence-electron chi connectivity index (χ0n) is 15.9. The second kappa shape index (κ2) is 8.97. The minimum absolute atomic E-state index is 0.183. The highest BCUT2D eigenvalue weighted by molar-refractivity contribution is 6.30. The lowest BCUT2D eigenvalue weighted by Gasteiger charge is -2.15. The van der Waals surface area contributed by atoms with Gasteiger partial charge in [0.25, 0.3) is 0 Å². The number of alkyl halides is 1. The largest absolute Gasteiger partial charge is 0.486 e. The topological polar surface area (TPSA) is 64.2 Å². The number of halogens is 2. The summed E-state index contributed by atoms with van der Waals surface area (Å²) in [5, 5.41) is 1.33. The van der Waals surface area contributed by atoms with Gasteiger partial charge in [-0.3, -0.25) is 4.79 Å². The van der Waals surface area contributed by atoms with Crippen LogP contribution in [0.4, 0.5) is 4.39 Å². The number of pyridine rings is 1. The van der Waals surface area contributed by atoms with Crippen LogP contribution in [-0.2, 0) is 6.61 Å². The first kappa shape index (κ1) is 19.9. The van der Waals surface area contributed by atoms with Gasteiger partial charge in [-0.05, 0) is 42.0 Å². The van der Waals surface area contributed by atoms with Gasteiger partial charge in [0.05, 0.1) is 5.56 Å². The van der Waals surface area contributed by atoms with E-state index in [1.165, 1.54) is 0 Å². The van der Waals surface area contributed by atoms with Crippen molar-refractivity contribution in [3.63, 3.8) is 0 Å². The fourth-order valence-corrected chi connectivity index (χ4v) is 3.25. The van der Waals surface area contributed by atoms with E-state index in [1.807, 2.05) is 18.2 Å². The van der Waals surface area contributed by atoms with Crippen LogP contribution in [0.15, 0.2) is 67.0 Å². The Labute approximate surface area is 177 Å². The Morgan fingerprint density at radius 2 is 1.87 bits per heavy atom. The number of H-pyrrole nitrogens is 1. The third-order valence-electron chi connectivity index (χ3n) is 4.55. The second-order valence-electron chi connectivity index (χ2n) is 6.52. The van der Waals surface area contributed by atoms with Crippen molar-refractivity contribution < 1.29 is 18.7 Å². The Hall–Kier alpha value is -3.38. The van der Waals surface area contributed by atoms with Crippen LogP contribution < -0.4 is 9.47 Å². The van der Waals surface area contributed by atoms with Crippen molar-refractivity contribution in [3.8, 4) is 11.5 Å². The maximum absolute atomic E-state index is 13.3. The number of hydrogen-bond donors (Lipinski definition) is 1. The van der Waals surface area contributed by atoms with Gasteiger partial charge >= 0.3 is 0 Å². The average molecular weight is 425 g/mol. The van der Waals surface area contributed by atoms with Gasteiger partial charge in [-0.1, -0.05) is 29.8 Å². The molecule has 4 rings (SSSR count). The molecule has 0 saturated carbocycles. The number of carbonyl (C=O) groups is 1. The summed E-state index contributed by atoms with van der Waals surface area (Å²) in [7, 11) is 0. The van der Waals surface area contributed by atoms with Gasteiger partial charge in [0.1, 0.15) is 25.5 Å². The molecule has 0 spiro atoms. The smallest absolute Gasteiger partial charge is 0.199 e. The van der Waals surface area contributed by atoms with Gasteiger partial charge in [-0.2, -0.15) is 0 Å². The molecule has 152 valence electrons. The molecule has 0 unspecified atom stereocenters. The maximum atomic E-state index is 13.3. The van der Waals surface area contributed by atoms with Gasteiger partial charge in [-0.25, -0.2) is 9.37 Å². The van der Waals surface area contributed by atoms with E-state index in [1.54, 1.807) is 48.8 Å². The number of carbonyl (C=O) groups excluding carboxylic acids is 1.